The van der Waals surface area contributed by atoms with Crippen LogP contribution < -0.4 is 10.2 Å². The average Bonchev–Trinajstić information content (AvgIpc) is 3.22. The predicted octanol–water partition coefficient (Wildman–Crippen LogP) is 13.8. The minimum atomic E-state index is -0.946. The van der Waals surface area contributed by atoms with Gasteiger partial charge in [0.2, 0.25) is 0 Å². The van der Waals surface area contributed by atoms with Gasteiger partial charge in [0.1, 0.15) is 0 Å². The molecule has 0 aromatic carbocycles. The first-order valence-electron chi connectivity index (χ1n) is 26.2. The molecular weight excluding hydrogens is 835 g/mol. The van der Waals surface area contributed by atoms with Crippen molar-refractivity contribution in [2.24, 2.45) is 0 Å². The number of nitrogens with zero attached hydrogens (tertiary/aromatic N) is 2. The summed E-state index contributed by atoms with van der Waals surface area (Å²) in [6.45, 7) is 12.4. The molecular formula is C52H106N2O4Sn. The number of carbonyl (C=O) groups excluding carboxylic acids is 2. The number of rotatable bonds is 46. The Balaban J connectivity index is -0.000000880. The van der Waals surface area contributed by atoms with E-state index in [0.29, 0.717) is 13.1 Å². The third-order valence-corrected chi connectivity index (χ3v) is 15.6. The van der Waals surface area contributed by atoms with Gasteiger partial charge < -0.3 is 29.6 Å². The van der Waals surface area contributed by atoms with Gasteiger partial charge in [-0.25, -0.2) is 0 Å². The van der Waals surface area contributed by atoms with Crippen molar-refractivity contribution in [2.75, 3.05) is 40.3 Å². The number of hydrogen-bond acceptors (Lipinski definition) is 6. The van der Waals surface area contributed by atoms with Gasteiger partial charge in [-0.05, 0) is 52.9 Å². The summed E-state index contributed by atoms with van der Waals surface area (Å²) < 4.78 is 3.25. The number of carboxylic acid groups (broad SMARTS) is 2. The van der Waals surface area contributed by atoms with Crippen molar-refractivity contribution in [1.29, 1.82) is 0 Å². The first-order chi connectivity index (χ1) is 28.7. The van der Waals surface area contributed by atoms with Crippen LogP contribution in [0.15, 0.2) is 0 Å². The molecule has 0 heterocycles. The van der Waals surface area contributed by atoms with E-state index < -0.39 is 11.9 Å². The van der Waals surface area contributed by atoms with Gasteiger partial charge in [-0.1, -0.05) is 206 Å². The van der Waals surface area contributed by atoms with Crippen LogP contribution in [0.25, 0.3) is 0 Å². The zero-order chi connectivity index (χ0) is 44.1. The summed E-state index contributed by atoms with van der Waals surface area (Å²) in [5.41, 5.74) is 0. The third kappa shape index (κ3) is 66.9. The van der Waals surface area contributed by atoms with Gasteiger partial charge in [0.15, 0.2) is 0 Å². The summed E-state index contributed by atoms with van der Waals surface area (Å²) in [5.74, 6) is -1.89. The molecule has 0 atom stereocenters. The fourth-order valence-corrected chi connectivity index (χ4v) is 11.5. The first kappa shape index (κ1) is 63.0. The second-order valence-electron chi connectivity index (χ2n) is 17.9. The van der Waals surface area contributed by atoms with E-state index in [2.05, 4.69) is 37.5 Å². The topological polar surface area (TPSA) is 86.7 Å². The van der Waals surface area contributed by atoms with E-state index in [1.807, 2.05) is 14.1 Å². The van der Waals surface area contributed by atoms with E-state index >= 15 is 0 Å². The molecule has 0 aromatic rings. The Morgan fingerprint density at radius 2 is 0.525 bits per heavy atom. The number of carboxylic acids is 2. The van der Waals surface area contributed by atoms with Crippen LogP contribution in [0.3, 0.4) is 0 Å². The standard InChI is InChI=1S/2C22H45NO2.2C4H9.Sn/c2*1-3-4-5-6-7-8-9-10-11-12-13-14-15-16-17-18-20-23(2)21-19-22(24)25;2*1-3-4-2;/h2*3-21H2,1-2H3,(H,24,25);2*1,3-4H2,2H3;/q;;;;+2/p-2. The van der Waals surface area contributed by atoms with E-state index in [1.54, 1.807) is 8.87 Å². The Morgan fingerprint density at radius 1 is 0.322 bits per heavy atom. The quantitative estimate of drug-likeness (QED) is 0.0446. The van der Waals surface area contributed by atoms with Crippen LogP contribution in [0, 0.1) is 0 Å². The van der Waals surface area contributed by atoms with Crippen LogP contribution in [0.2, 0.25) is 8.87 Å². The molecule has 0 aliphatic heterocycles. The van der Waals surface area contributed by atoms with E-state index in [-0.39, 0.29) is 34.0 Å². The van der Waals surface area contributed by atoms with Crippen LogP contribution in [0.4, 0.5) is 0 Å². The molecule has 0 N–H and O–H groups in total. The monoisotopic (exact) mass is 943 g/mol. The van der Waals surface area contributed by atoms with E-state index in [4.69, 9.17) is 0 Å². The van der Waals surface area contributed by atoms with Gasteiger partial charge in [0.25, 0.3) is 0 Å². The maximum absolute atomic E-state index is 10.4. The van der Waals surface area contributed by atoms with E-state index in [9.17, 15) is 19.8 Å². The summed E-state index contributed by atoms with van der Waals surface area (Å²) >= 11 is 0.149. The molecule has 352 valence electrons. The van der Waals surface area contributed by atoms with Crippen LogP contribution >= 0.6 is 0 Å². The first-order valence-corrected chi connectivity index (χ1v) is 30.3. The molecule has 6 nitrogen and oxygen atoms in total. The Bertz CT molecular complexity index is 724. The number of aliphatic carboxylic acids is 2. The summed E-state index contributed by atoms with van der Waals surface area (Å²) in [6.07, 6.45) is 50.5. The normalized spacial score (nSPS) is 11.0. The summed E-state index contributed by atoms with van der Waals surface area (Å²) in [4.78, 5) is 25.0. The zero-order valence-corrected chi connectivity index (χ0v) is 44.0. The second kappa shape index (κ2) is 57.7. The Hall–Kier alpha value is -0.341. The molecule has 0 aliphatic carbocycles. The number of unbranched alkanes of at least 4 members (excludes halogenated alkanes) is 32. The maximum atomic E-state index is 10.4. The Labute approximate surface area is 381 Å². The summed E-state index contributed by atoms with van der Waals surface area (Å²) in [7, 11) is 3.99. The van der Waals surface area contributed by atoms with E-state index in [0.717, 1.165) is 13.1 Å². The molecule has 0 spiro atoms. The summed E-state index contributed by atoms with van der Waals surface area (Å²) in [5, 5.41) is 20.8. The molecule has 0 amide bonds. The molecule has 59 heavy (non-hydrogen) atoms. The van der Waals surface area contributed by atoms with Gasteiger partial charge in [0, 0.05) is 25.0 Å². The van der Waals surface area contributed by atoms with Gasteiger partial charge in [-0.3, -0.25) is 0 Å². The fraction of sp³-hybridized carbons (Fsp3) is 0.962. The molecule has 0 aliphatic rings. The van der Waals surface area contributed by atoms with Crippen molar-refractivity contribution in [3.63, 3.8) is 0 Å². The van der Waals surface area contributed by atoms with Gasteiger partial charge >= 0.3 is 69.5 Å². The Kier molecular flexibility index (Phi) is 61.5. The van der Waals surface area contributed by atoms with Gasteiger partial charge in [-0.2, -0.15) is 0 Å². The molecule has 0 radical (unpaired) electrons. The second-order valence-corrected chi connectivity index (χ2v) is 22.2. The van der Waals surface area contributed by atoms with E-state index in [1.165, 1.54) is 231 Å². The predicted molar refractivity (Wildman–Crippen MR) is 259 cm³/mol. The molecule has 0 aromatic heterocycles. The van der Waals surface area contributed by atoms with Crippen LogP contribution in [0.5, 0.6) is 0 Å². The van der Waals surface area contributed by atoms with Crippen molar-refractivity contribution in [3.8, 4) is 0 Å². The third-order valence-electron chi connectivity index (χ3n) is 11.6. The molecule has 0 bridgehead atoms. The van der Waals surface area contributed by atoms with Crippen LogP contribution in [-0.4, -0.2) is 83.2 Å². The number of carbonyl (C=O) groups is 2. The van der Waals surface area contributed by atoms with Crippen molar-refractivity contribution in [1.82, 2.24) is 9.80 Å². The van der Waals surface area contributed by atoms with Crippen molar-refractivity contribution in [2.45, 2.75) is 281 Å². The van der Waals surface area contributed by atoms with Crippen molar-refractivity contribution < 1.29 is 19.8 Å². The Morgan fingerprint density at radius 3 is 0.729 bits per heavy atom. The fourth-order valence-electron chi connectivity index (χ4n) is 7.38. The number of hydrogen-bond donors (Lipinski definition) is 0. The average molecular weight is 942 g/mol. The van der Waals surface area contributed by atoms with Crippen LogP contribution in [0.1, 0.15) is 272 Å². The van der Waals surface area contributed by atoms with Crippen LogP contribution in [-0.2, 0) is 9.59 Å². The van der Waals surface area contributed by atoms with Gasteiger partial charge in [-0.15, -0.1) is 0 Å². The van der Waals surface area contributed by atoms with Crippen molar-refractivity contribution in [3.05, 3.63) is 0 Å². The zero-order valence-electron chi connectivity index (χ0n) is 41.1. The SMILES string of the molecule is CCCCCCCCCCCCCCCCCCN(C)CCC(=O)[O-].CCCCCCCCCCCCCCCCCCN(C)CCC(=O)[O-].CCC[CH2][Sn+2][CH2]CCC. The molecule has 0 fully saturated rings. The molecule has 7 heteroatoms. The van der Waals surface area contributed by atoms with Gasteiger partial charge in [0.05, 0.1) is 0 Å². The molecule has 0 saturated heterocycles. The minimum absolute atomic E-state index is 0.148. The molecule has 0 saturated carbocycles. The van der Waals surface area contributed by atoms with Crippen molar-refractivity contribution >= 4 is 33.1 Å². The molecule has 0 unspecified atom stereocenters. The summed E-state index contributed by atoms with van der Waals surface area (Å²) in [6, 6.07) is 0. The molecule has 0 rings (SSSR count).